The second kappa shape index (κ2) is 5.86. The number of carbonyl (C=O) groups is 3. The van der Waals surface area contributed by atoms with Gasteiger partial charge in [0.1, 0.15) is 10.6 Å². The van der Waals surface area contributed by atoms with Gasteiger partial charge in [-0.25, -0.2) is 0 Å². The van der Waals surface area contributed by atoms with E-state index in [1.54, 1.807) is 25.8 Å². The first-order valence-corrected chi connectivity index (χ1v) is 8.60. The van der Waals surface area contributed by atoms with Crippen LogP contribution in [0.4, 0.5) is 5.00 Å². The number of ether oxygens (including phenoxy) is 1. The summed E-state index contributed by atoms with van der Waals surface area (Å²) in [5.74, 6) is -0.416. The monoisotopic (exact) mass is 351 g/mol. The average molecular weight is 351 g/mol. The highest BCUT2D eigenvalue weighted by molar-refractivity contribution is 7.17. The molecule has 0 bridgehead atoms. The molecule has 130 valence electrons. The molecule has 0 saturated heterocycles. The third-order valence-corrected chi connectivity index (χ3v) is 5.70. The van der Waals surface area contributed by atoms with Gasteiger partial charge in [-0.1, -0.05) is 0 Å². The van der Waals surface area contributed by atoms with Crippen molar-refractivity contribution in [2.45, 2.75) is 32.4 Å². The largest absolute Gasteiger partial charge is 0.369 e. The molecule has 8 heteroatoms. The second-order valence-corrected chi connectivity index (χ2v) is 7.71. The van der Waals surface area contributed by atoms with Crippen LogP contribution < -0.4 is 5.32 Å². The van der Waals surface area contributed by atoms with Crippen molar-refractivity contribution in [1.82, 2.24) is 9.80 Å². The van der Waals surface area contributed by atoms with Gasteiger partial charge in [0.15, 0.2) is 0 Å². The van der Waals surface area contributed by atoms with Crippen LogP contribution in [0.15, 0.2) is 0 Å². The smallest absolute Gasteiger partial charge is 0.257 e. The standard InChI is InChI=1S/C16H21N3O4S/c1-16(2,23-4)15(22)19-6-5-9-10(7-19)24-13-12(9)14(21)18(3)8-11(20)17-13/h5-8H2,1-4H3,(H,17,20). The summed E-state index contributed by atoms with van der Waals surface area (Å²) in [5, 5.41) is 3.41. The van der Waals surface area contributed by atoms with E-state index in [4.69, 9.17) is 4.74 Å². The number of likely N-dealkylation sites (N-methyl/N-ethyl adjacent to an activating group) is 1. The van der Waals surface area contributed by atoms with Gasteiger partial charge in [-0.3, -0.25) is 14.4 Å². The van der Waals surface area contributed by atoms with Crippen LogP contribution in [0.2, 0.25) is 0 Å². The van der Waals surface area contributed by atoms with Gasteiger partial charge in [-0.05, 0) is 25.8 Å². The molecule has 1 N–H and O–H groups in total. The molecule has 0 radical (unpaired) electrons. The maximum atomic E-state index is 12.6. The number of fused-ring (bicyclic) bond motifs is 3. The van der Waals surface area contributed by atoms with E-state index in [0.717, 1.165) is 10.4 Å². The van der Waals surface area contributed by atoms with Crippen molar-refractivity contribution < 1.29 is 19.1 Å². The van der Waals surface area contributed by atoms with Gasteiger partial charge in [0, 0.05) is 25.6 Å². The number of methoxy groups -OCH3 is 1. The lowest BCUT2D eigenvalue weighted by Crippen LogP contribution is -2.48. The molecule has 24 heavy (non-hydrogen) atoms. The number of hydrogen-bond acceptors (Lipinski definition) is 5. The minimum absolute atomic E-state index is 0.0572. The van der Waals surface area contributed by atoms with Crippen LogP contribution in [0.25, 0.3) is 0 Å². The summed E-state index contributed by atoms with van der Waals surface area (Å²) in [6, 6.07) is 0. The first kappa shape index (κ1) is 16.9. The SMILES string of the molecule is COC(C)(C)C(=O)N1CCc2c(sc3c2C(=O)N(C)CC(=O)N3)C1. The van der Waals surface area contributed by atoms with Gasteiger partial charge in [-0.15, -0.1) is 11.3 Å². The van der Waals surface area contributed by atoms with Gasteiger partial charge in [0.2, 0.25) is 5.91 Å². The Labute approximate surface area is 144 Å². The predicted octanol–water partition coefficient (Wildman–Crippen LogP) is 1.08. The molecule has 0 fully saturated rings. The molecule has 0 saturated carbocycles. The lowest BCUT2D eigenvalue weighted by atomic mass is 10.00. The Morgan fingerprint density at radius 3 is 2.67 bits per heavy atom. The number of anilines is 1. The van der Waals surface area contributed by atoms with Crippen molar-refractivity contribution in [2.75, 3.05) is 32.6 Å². The Morgan fingerprint density at radius 2 is 2.00 bits per heavy atom. The van der Waals surface area contributed by atoms with Crippen LogP contribution in [0.5, 0.6) is 0 Å². The molecule has 3 amide bonds. The molecule has 0 unspecified atom stereocenters. The van der Waals surface area contributed by atoms with E-state index in [1.165, 1.54) is 23.3 Å². The highest BCUT2D eigenvalue weighted by Crippen LogP contribution is 2.39. The highest BCUT2D eigenvalue weighted by Gasteiger charge is 2.37. The molecule has 3 rings (SSSR count). The molecule has 2 aliphatic rings. The number of nitrogens with zero attached hydrogens (tertiary/aromatic N) is 2. The number of nitrogens with one attached hydrogen (secondary N) is 1. The summed E-state index contributed by atoms with van der Waals surface area (Å²) in [5.41, 5.74) is 0.658. The van der Waals surface area contributed by atoms with Crippen LogP contribution in [0.1, 0.15) is 34.6 Å². The van der Waals surface area contributed by atoms with Gasteiger partial charge in [-0.2, -0.15) is 0 Å². The predicted molar refractivity (Wildman–Crippen MR) is 90.1 cm³/mol. The second-order valence-electron chi connectivity index (χ2n) is 6.61. The third-order valence-electron chi connectivity index (χ3n) is 4.56. The Kier molecular flexibility index (Phi) is 4.13. The molecule has 2 aliphatic heterocycles. The summed E-state index contributed by atoms with van der Waals surface area (Å²) in [6.07, 6.45) is 0.599. The molecule has 0 atom stereocenters. The molecule has 3 heterocycles. The Balaban J connectivity index is 1.93. The van der Waals surface area contributed by atoms with Crippen molar-refractivity contribution >= 4 is 34.1 Å². The topological polar surface area (TPSA) is 79.0 Å². The zero-order chi connectivity index (χ0) is 17.6. The van der Waals surface area contributed by atoms with Crippen LogP contribution in [0.3, 0.4) is 0 Å². The summed E-state index contributed by atoms with van der Waals surface area (Å²) in [6.45, 7) is 4.51. The van der Waals surface area contributed by atoms with Crippen molar-refractivity contribution in [3.05, 3.63) is 16.0 Å². The van der Waals surface area contributed by atoms with E-state index < -0.39 is 5.60 Å². The molecule has 1 aromatic rings. The molecular weight excluding hydrogens is 330 g/mol. The maximum Gasteiger partial charge on any atom is 0.257 e. The highest BCUT2D eigenvalue weighted by atomic mass is 32.1. The number of amides is 3. The summed E-state index contributed by atoms with van der Waals surface area (Å²) in [7, 11) is 3.14. The number of carbonyl (C=O) groups excluding carboxylic acids is 3. The number of rotatable bonds is 2. The summed E-state index contributed by atoms with van der Waals surface area (Å²) in [4.78, 5) is 41.2. The van der Waals surface area contributed by atoms with Crippen molar-refractivity contribution in [3.8, 4) is 0 Å². The fourth-order valence-corrected chi connectivity index (χ4v) is 4.28. The molecule has 0 aromatic carbocycles. The molecule has 7 nitrogen and oxygen atoms in total. The quantitative estimate of drug-likeness (QED) is 0.865. The van der Waals surface area contributed by atoms with Crippen LogP contribution in [-0.4, -0.2) is 60.4 Å². The summed E-state index contributed by atoms with van der Waals surface area (Å²) < 4.78 is 5.28. The number of hydrogen-bond donors (Lipinski definition) is 1. The van der Waals surface area contributed by atoms with Gasteiger partial charge in [0.05, 0.1) is 18.7 Å². The van der Waals surface area contributed by atoms with Gasteiger partial charge in [0.25, 0.3) is 11.8 Å². The first-order chi connectivity index (χ1) is 11.2. The fourth-order valence-electron chi connectivity index (χ4n) is 3.00. The van der Waals surface area contributed by atoms with Gasteiger partial charge >= 0.3 is 0 Å². The van der Waals surface area contributed by atoms with Gasteiger partial charge < -0.3 is 19.9 Å². The third kappa shape index (κ3) is 2.69. The van der Waals surface area contributed by atoms with E-state index in [0.29, 0.717) is 30.1 Å². The molecule has 0 aliphatic carbocycles. The first-order valence-electron chi connectivity index (χ1n) is 7.79. The lowest BCUT2D eigenvalue weighted by Gasteiger charge is -2.33. The Bertz CT molecular complexity index is 725. The normalized spacial score (nSPS) is 18.0. The maximum absolute atomic E-state index is 12.6. The van der Waals surface area contributed by atoms with Crippen molar-refractivity contribution in [2.24, 2.45) is 0 Å². The molecule has 1 aromatic heterocycles. The zero-order valence-corrected chi connectivity index (χ0v) is 15.1. The van der Waals surface area contributed by atoms with E-state index in [1.807, 2.05) is 0 Å². The minimum Gasteiger partial charge on any atom is -0.369 e. The lowest BCUT2D eigenvalue weighted by molar-refractivity contribution is -0.151. The van der Waals surface area contributed by atoms with Crippen LogP contribution in [0, 0.1) is 0 Å². The fraction of sp³-hybridized carbons (Fsp3) is 0.562. The Hall–Kier alpha value is -1.93. The van der Waals surface area contributed by atoms with Crippen molar-refractivity contribution in [3.63, 3.8) is 0 Å². The minimum atomic E-state index is -0.879. The average Bonchev–Trinajstić information content (AvgIpc) is 2.84. The summed E-state index contributed by atoms with van der Waals surface area (Å²) >= 11 is 1.39. The molecular formula is C16H21N3O4S. The van der Waals surface area contributed by atoms with Crippen molar-refractivity contribution in [1.29, 1.82) is 0 Å². The van der Waals surface area contributed by atoms with E-state index in [-0.39, 0.29) is 24.3 Å². The van der Waals surface area contributed by atoms with Crippen LogP contribution in [-0.2, 0) is 27.3 Å². The zero-order valence-electron chi connectivity index (χ0n) is 14.3. The molecule has 0 spiro atoms. The van der Waals surface area contributed by atoms with E-state index in [2.05, 4.69) is 5.32 Å². The van der Waals surface area contributed by atoms with Crippen LogP contribution >= 0.6 is 11.3 Å². The Morgan fingerprint density at radius 1 is 1.29 bits per heavy atom. The number of thiophene rings is 1. The van der Waals surface area contributed by atoms with E-state index >= 15 is 0 Å². The van der Waals surface area contributed by atoms with E-state index in [9.17, 15) is 14.4 Å².